The highest BCUT2D eigenvalue weighted by Crippen LogP contribution is 2.27. The van der Waals surface area contributed by atoms with Gasteiger partial charge in [0.05, 0.1) is 16.3 Å². The molecule has 0 aliphatic heterocycles. The summed E-state index contributed by atoms with van der Waals surface area (Å²) in [6, 6.07) is 8.22. The predicted molar refractivity (Wildman–Crippen MR) is 68.2 cm³/mol. The summed E-state index contributed by atoms with van der Waals surface area (Å²) in [5, 5.41) is 9.49. The number of aromatic nitrogens is 1. The highest BCUT2D eigenvalue weighted by atomic mass is 32.1. The van der Waals surface area contributed by atoms with Gasteiger partial charge in [0.25, 0.3) is 0 Å². The fourth-order valence-electron chi connectivity index (χ4n) is 1.57. The van der Waals surface area contributed by atoms with Crippen LogP contribution in [0.15, 0.2) is 30.5 Å². The lowest BCUT2D eigenvalue weighted by Gasteiger charge is -1.97. The summed E-state index contributed by atoms with van der Waals surface area (Å²) in [6.07, 6.45) is 2.46. The highest BCUT2D eigenvalue weighted by molar-refractivity contribution is 7.15. The van der Waals surface area contributed by atoms with Gasteiger partial charge in [-0.25, -0.2) is 4.98 Å². The first kappa shape index (κ1) is 11.8. The van der Waals surface area contributed by atoms with E-state index in [9.17, 15) is 4.79 Å². The van der Waals surface area contributed by atoms with E-state index >= 15 is 0 Å². The molecular weight excluding hydrogens is 234 g/mol. The fourth-order valence-corrected chi connectivity index (χ4v) is 2.49. The molecule has 0 aliphatic rings. The van der Waals surface area contributed by atoms with Crippen molar-refractivity contribution in [2.24, 2.45) is 0 Å². The second-order valence-corrected chi connectivity index (χ2v) is 5.00. The summed E-state index contributed by atoms with van der Waals surface area (Å²) in [4.78, 5) is 15.8. The summed E-state index contributed by atoms with van der Waals surface area (Å²) >= 11 is 1.56. The highest BCUT2D eigenvalue weighted by Gasteiger charge is 2.06. The Kier molecular flexibility index (Phi) is 3.54. The number of hydrogen-bond acceptors (Lipinski definition) is 3. The van der Waals surface area contributed by atoms with Crippen LogP contribution in [0.3, 0.4) is 0 Å². The van der Waals surface area contributed by atoms with Gasteiger partial charge in [-0.15, -0.1) is 11.3 Å². The third kappa shape index (κ3) is 3.14. The van der Waals surface area contributed by atoms with Gasteiger partial charge in [0, 0.05) is 12.6 Å². The van der Waals surface area contributed by atoms with Crippen LogP contribution in [0, 0.1) is 6.92 Å². The van der Waals surface area contributed by atoms with E-state index in [4.69, 9.17) is 5.11 Å². The summed E-state index contributed by atoms with van der Waals surface area (Å²) in [6.45, 7) is 2.05. The minimum Gasteiger partial charge on any atom is -0.481 e. The Morgan fingerprint density at radius 3 is 3.00 bits per heavy atom. The van der Waals surface area contributed by atoms with Gasteiger partial charge in [0.1, 0.15) is 0 Å². The molecule has 1 aromatic heterocycles. The number of carboxylic acid groups (broad SMARTS) is 1. The third-order valence-corrected chi connectivity index (χ3v) is 3.52. The van der Waals surface area contributed by atoms with E-state index < -0.39 is 5.97 Å². The van der Waals surface area contributed by atoms with E-state index in [2.05, 4.69) is 24.0 Å². The maximum atomic E-state index is 10.5. The number of aliphatic carboxylic acids is 1. The zero-order valence-corrected chi connectivity index (χ0v) is 10.3. The lowest BCUT2D eigenvalue weighted by Crippen LogP contribution is -1.96. The molecule has 1 N–H and O–H groups in total. The number of carbonyl (C=O) groups is 1. The second-order valence-electron chi connectivity index (χ2n) is 3.88. The minimum atomic E-state index is -0.780. The van der Waals surface area contributed by atoms with Crippen LogP contribution >= 0.6 is 11.3 Å². The lowest BCUT2D eigenvalue weighted by molar-refractivity contribution is -0.136. The van der Waals surface area contributed by atoms with E-state index in [1.807, 2.05) is 18.3 Å². The van der Waals surface area contributed by atoms with E-state index in [0.717, 1.165) is 15.4 Å². The average Bonchev–Trinajstić information content (AvgIpc) is 2.75. The van der Waals surface area contributed by atoms with Gasteiger partial charge in [-0.3, -0.25) is 4.79 Å². The Balaban J connectivity index is 2.15. The van der Waals surface area contributed by atoms with Crippen molar-refractivity contribution in [1.82, 2.24) is 4.98 Å². The van der Waals surface area contributed by atoms with Gasteiger partial charge < -0.3 is 5.11 Å². The van der Waals surface area contributed by atoms with Crippen molar-refractivity contribution >= 4 is 17.3 Å². The maximum Gasteiger partial charge on any atom is 0.303 e. The quantitative estimate of drug-likeness (QED) is 0.903. The number of rotatable bonds is 4. The Bertz CT molecular complexity index is 534. The first-order chi connectivity index (χ1) is 8.15. The Labute approximate surface area is 104 Å². The van der Waals surface area contributed by atoms with Gasteiger partial charge in [0.15, 0.2) is 0 Å². The van der Waals surface area contributed by atoms with Gasteiger partial charge >= 0.3 is 5.97 Å². The molecular formula is C13H13NO2S. The van der Waals surface area contributed by atoms with Crippen molar-refractivity contribution in [3.8, 4) is 10.4 Å². The lowest BCUT2D eigenvalue weighted by atomic mass is 10.1. The van der Waals surface area contributed by atoms with Crippen molar-refractivity contribution in [2.75, 3.05) is 0 Å². The van der Waals surface area contributed by atoms with Crippen LogP contribution in [0.25, 0.3) is 10.4 Å². The third-order valence-electron chi connectivity index (χ3n) is 2.41. The number of benzene rings is 1. The summed E-state index contributed by atoms with van der Waals surface area (Å²) in [7, 11) is 0. The summed E-state index contributed by atoms with van der Waals surface area (Å²) < 4.78 is 0. The summed E-state index contributed by atoms with van der Waals surface area (Å²) in [5.41, 5.74) is 2.35. The zero-order chi connectivity index (χ0) is 12.3. The SMILES string of the molecule is Cc1cccc(-c2cnc(CCC(=O)O)s2)c1. The molecule has 0 aliphatic carbocycles. The largest absolute Gasteiger partial charge is 0.481 e. The van der Waals surface area contributed by atoms with Crippen molar-refractivity contribution in [3.63, 3.8) is 0 Å². The Hall–Kier alpha value is -1.68. The Morgan fingerprint density at radius 2 is 2.29 bits per heavy atom. The van der Waals surface area contributed by atoms with Crippen LogP contribution < -0.4 is 0 Å². The molecule has 3 nitrogen and oxygen atoms in total. The minimum absolute atomic E-state index is 0.140. The topological polar surface area (TPSA) is 50.2 Å². The van der Waals surface area contributed by atoms with Crippen LogP contribution in [0.1, 0.15) is 17.0 Å². The molecule has 17 heavy (non-hydrogen) atoms. The van der Waals surface area contributed by atoms with Crippen LogP contribution in [0.2, 0.25) is 0 Å². The molecule has 0 amide bonds. The molecule has 1 aromatic carbocycles. The molecule has 0 saturated heterocycles. The van der Waals surface area contributed by atoms with Crippen LogP contribution in [0.5, 0.6) is 0 Å². The standard InChI is InChI=1S/C13H13NO2S/c1-9-3-2-4-10(7-9)11-8-14-12(17-11)5-6-13(15)16/h2-4,7-8H,5-6H2,1H3,(H,15,16). The first-order valence-corrected chi connectivity index (χ1v) is 6.20. The molecule has 1 heterocycles. The van der Waals surface area contributed by atoms with Gasteiger partial charge in [-0.2, -0.15) is 0 Å². The van der Waals surface area contributed by atoms with Gasteiger partial charge in [0.2, 0.25) is 0 Å². The molecule has 0 unspecified atom stereocenters. The number of aryl methyl sites for hydroxylation is 2. The zero-order valence-electron chi connectivity index (χ0n) is 9.51. The van der Waals surface area contributed by atoms with E-state index in [1.54, 1.807) is 11.3 Å². The molecule has 0 fully saturated rings. The second kappa shape index (κ2) is 5.10. The maximum absolute atomic E-state index is 10.5. The van der Waals surface area contributed by atoms with E-state index in [-0.39, 0.29) is 6.42 Å². The molecule has 4 heteroatoms. The monoisotopic (exact) mass is 247 g/mol. The molecule has 0 spiro atoms. The normalized spacial score (nSPS) is 10.4. The van der Waals surface area contributed by atoms with E-state index in [0.29, 0.717) is 6.42 Å². The summed E-state index contributed by atoms with van der Waals surface area (Å²) in [5.74, 6) is -0.780. The molecule has 0 bridgehead atoms. The molecule has 0 radical (unpaired) electrons. The molecule has 0 saturated carbocycles. The molecule has 88 valence electrons. The van der Waals surface area contributed by atoms with Crippen molar-refractivity contribution in [3.05, 3.63) is 41.0 Å². The predicted octanol–water partition coefficient (Wildman–Crippen LogP) is 3.14. The first-order valence-electron chi connectivity index (χ1n) is 5.38. The molecule has 2 rings (SSSR count). The van der Waals surface area contributed by atoms with Crippen LogP contribution in [-0.4, -0.2) is 16.1 Å². The van der Waals surface area contributed by atoms with Crippen LogP contribution in [0.4, 0.5) is 0 Å². The van der Waals surface area contributed by atoms with Crippen molar-refractivity contribution in [1.29, 1.82) is 0 Å². The smallest absolute Gasteiger partial charge is 0.303 e. The average molecular weight is 247 g/mol. The van der Waals surface area contributed by atoms with E-state index in [1.165, 1.54) is 5.56 Å². The molecule has 0 atom stereocenters. The van der Waals surface area contributed by atoms with Crippen molar-refractivity contribution in [2.45, 2.75) is 19.8 Å². The fraction of sp³-hybridized carbons (Fsp3) is 0.231. The van der Waals surface area contributed by atoms with Gasteiger partial charge in [-0.05, 0) is 12.5 Å². The number of nitrogens with zero attached hydrogens (tertiary/aromatic N) is 1. The van der Waals surface area contributed by atoms with Crippen molar-refractivity contribution < 1.29 is 9.90 Å². The Morgan fingerprint density at radius 1 is 1.47 bits per heavy atom. The van der Waals surface area contributed by atoms with Crippen LogP contribution in [-0.2, 0) is 11.2 Å². The number of thiazole rings is 1. The number of carboxylic acids is 1. The number of hydrogen-bond donors (Lipinski definition) is 1. The van der Waals surface area contributed by atoms with Gasteiger partial charge in [-0.1, -0.05) is 29.8 Å². The molecule has 2 aromatic rings.